The van der Waals surface area contributed by atoms with Crippen LogP contribution in [0.4, 0.5) is 16.4 Å². The van der Waals surface area contributed by atoms with Crippen LogP contribution in [-0.2, 0) is 14.3 Å². The van der Waals surface area contributed by atoms with E-state index in [9.17, 15) is 24.0 Å². The summed E-state index contributed by atoms with van der Waals surface area (Å²) in [7, 11) is 1.23. The number of benzene rings is 5. The second-order valence-electron chi connectivity index (χ2n) is 12.5. The van der Waals surface area contributed by atoms with Crippen LogP contribution in [0.1, 0.15) is 52.3 Å². The fraction of sp³-hybridized carbons (Fsp3) is 0.0682. The number of thioether (sulfide) groups is 1. The fourth-order valence-corrected chi connectivity index (χ4v) is 8.20. The molecule has 0 saturated heterocycles. The van der Waals surface area contributed by atoms with Crippen LogP contribution in [0.5, 0.6) is 0 Å². The van der Waals surface area contributed by atoms with Crippen molar-refractivity contribution in [3.63, 3.8) is 0 Å². The van der Waals surface area contributed by atoms with Crippen LogP contribution in [-0.4, -0.2) is 36.7 Å². The van der Waals surface area contributed by atoms with Crippen LogP contribution in [0.2, 0.25) is 10.0 Å². The molecule has 0 aliphatic rings. The van der Waals surface area contributed by atoms with Gasteiger partial charge in [0.25, 0.3) is 17.7 Å². The molecule has 1 atom stereocenters. The van der Waals surface area contributed by atoms with E-state index in [0.29, 0.717) is 38.5 Å². The average molecular weight is 850 g/mol. The van der Waals surface area contributed by atoms with Gasteiger partial charge in [0.1, 0.15) is 15.9 Å². The first-order valence-corrected chi connectivity index (χ1v) is 20.0. The summed E-state index contributed by atoms with van der Waals surface area (Å²) in [4.78, 5) is 68.5. The van der Waals surface area contributed by atoms with Crippen LogP contribution in [0.25, 0.3) is 6.08 Å². The largest absolute Gasteiger partial charge is 0.465 e. The molecule has 5 aromatic carbocycles. The maximum Gasteiger partial charge on any atom is 0.341 e. The molecule has 4 amide bonds. The first-order chi connectivity index (χ1) is 28.0. The molecule has 10 nitrogen and oxygen atoms in total. The second-order valence-corrected chi connectivity index (χ2v) is 15.5. The summed E-state index contributed by atoms with van der Waals surface area (Å²) >= 11 is 14.8. The van der Waals surface area contributed by atoms with Gasteiger partial charge in [-0.2, -0.15) is 0 Å². The Kier molecular flexibility index (Phi) is 13.8. The van der Waals surface area contributed by atoms with Crippen molar-refractivity contribution in [3.8, 4) is 0 Å². The van der Waals surface area contributed by atoms with Gasteiger partial charge >= 0.3 is 5.97 Å². The number of anilines is 3. The Balaban J connectivity index is 1.26. The number of esters is 1. The Bertz CT molecular complexity index is 2510. The number of thiophene rings is 1. The Morgan fingerprint density at radius 3 is 2.05 bits per heavy atom. The van der Waals surface area contributed by atoms with Crippen LogP contribution in [0, 0.1) is 6.92 Å². The molecule has 0 radical (unpaired) electrons. The maximum absolute atomic E-state index is 14.2. The van der Waals surface area contributed by atoms with E-state index in [4.69, 9.17) is 27.9 Å². The third-order valence-corrected chi connectivity index (χ3v) is 11.8. The molecule has 0 bridgehead atoms. The lowest BCUT2D eigenvalue weighted by molar-refractivity contribution is -0.116. The summed E-state index contributed by atoms with van der Waals surface area (Å²) < 4.78 is 5.05. The number of carbonyl (C=O) groups is 5. The molecule has 0 saturated carbocycles. The van der Waals surface area contributed by atoms with Crippen molar-refractivity contribution >= 4 is 98.4 Å². The normalized spacial score (nSPS) is 11.6. The topological polar surface area (TPSA) is 143 Å². The first kappa shape index (κ1) is 41.5. The summed E-state index contributed by atoms with van der Waals surface area (Å²) in [6, 6.07) is 38.1. The zero-order valence-corrected chi connectivity index (χ0v) is 34.0. The third-order valence-electron chi connectivity index (χ3n) is 8.51. The van der Waals surface area contributed by atoms with Gasteiger partial charge in [0, 0.05) is 21.8 Å². The van der Waals surface area contributed by atoms with Crippen molar-refractivity contribution in [1.82, 2.24) is 5.32 Å². The number of methoxy groups -OCH3 is 1. The molecule has 0 aliphatic carbocycles. The molecule has 292 valence electrons. The lowest BCUT2D eigenvalue weighted by Crippen LogP contribution is -2.30. The van der Waals surface area contributed by atoms with Crippen LogP contribution < -0.4 is 21.3 Å². The Morgan fingerprint density at radius 2 is 1.36 bits per heavy atom. The van der Waals surface area contributed by atoms with E-state index in [2.05, 4.69) is 21.3 Å². The summed E-state index contributed by atoms with van der Waals surface area (Å²) in [5.41, 5.74) is 2.68. The highest BCUT2D eigenvalue weighted by atomic mass is 35.5. The lowest BCUT2D eigenvalue weighted by atomic mass is 10.1. The number of nitrogens with one attached hydrogen (secondary N) is 4. The van der Waals surface area contributed by atoms with Gasteiger partial charge in [0.05, 0.1) is 27.6 Å². The van der Waals surface area contributed by atoms with Crippen molar-refractivity contribution < 1.29 is 28.7 Å². The molecule has 0 fully saturated rings. The highest BCUT2D eigenvalue weighted by molar-refractivity contribution is 8.00. The van der Waals surface area contributed by atoms with Crippen molar-refractivity contribution in [2.75, 3.05) is 23.1 Å². The van der Waals surface area contributed by atoms with Crippen LogP contribution in [0.15, 0.2) is 144 Å². The number of ether oxygens (including phenoxy) is 1. The van der Waals surface area contributed by atoms with Gasteiger partial charge in [-0.05, 0) is 78.2 Å². The second kappa shape index (κ2) is 19.3. The minimum Gasteiger partial charge on any atom is -0.465 e. The number of para-hydroxylation sites is 1. The number of carbonyl (C=O) groups excluding carboxylic acids is 5. The van der Waals surface area contributed by atoms with Gasteiger partial charge in [-0.25, -0.2) is 4.79 Å². The third kappa shape index (κ3) is 10.2. The van der Waals surface area contributed by atoms with Gasteiger partial charge in [-0.3, -0.25) is 19.2 Å². The van der Waals surface area contributed by atoms with Gasteiger partial charge in [0.15, 0.2) is 0 Å². The van der Waals surface area contributed by atoms with E-state index in [1.54, 1.807) is 128 Å². The standard InChI is InChI=1S/C44H34Cl2N4O6S2/c1-26-35(44(55)56-2)43(58-37(26)41(53)47-30-19-10-5-11-20-30)50-42(54)38(27-14-6-3-7-15-27)57-32-22-13-21-31(25-32)48-40(52)34(24-29-18-12-23-33(45)36(29)46)49-39(51)28-16-8-4-9-17-28/h3-25,38H,1-2H3,(H,47,53)(H,48,52)(H,49,51)(H,50,54)/b34-24+. The summed E-state index contributed by atoms with van der Waals surface area (Å²) in [5, 5.41) is 11.0. The lowest BCUT2D eigenvalue weighted by Gasteiger charge is -2.18. The van der Waals surface area contributed by atoms with Crippen molar-refractivity contribution in [1.29, 1.82) is 0 Å². The molecule has 4 N–H and O–H groups in total. The predicted molar refractivity (Wildman–Crippen MR) is 232 cm³/mol. The molecule has 14 heteroatoms. The molecular weight excluding hydrogens is 816 g/mol. The summed E-state index contributed by atoms with van der Waals surface area (Å²) in [6.45, 7) is 1.62. The molecule has 1 unspecified atom stereocenters. The zero-order chi connectivity index (χ0) is 41.2. The van der Waals surface area contributed by atoms with Gasteiger partial charge < -0.3 is 26.0 Å². The van der Waals surface area contributed by atoms with Crippen LogP contribution >= 0.6 is 46.3 Å². The number of rotatable bonds is 13. The Morgan fingerprint density at radius 1 is 0.724 bits per heavy atom. The van der Waals surface area contributed by atoms with E-state index in [1.807, 2.05) is 12.1 Å². The van der Waals surface area contributed by atoms with Crippen molar-refractivity contribution in [2.45, 2.75) is 17.1 Å². The minimum atomic E-state index is -0.854. The molecule has 0 spiro atoms. The molecule has 6 rings (SSSR count). The smallest absolute Gasteiger partial charge is 0.341 e. The van der Waals surface area contributed by atoms with E-state index in [-0.39, 0.29) is 31.2 Å². The van der Waals surface area contributed by atoms with Gasteiger partial charge in [-0.1, -0.05) is 108 Å². The van der Waals surface area contributed by atoms with Crippen LogP contribution in [0.3, 0.4) is 0 Å². The van der Waals surface area contributed by atoms with Gasteiger partial charge in [0.2, 0.25) is 5.91 Å². The summed E-state index contributed by atoms with van der Waals surface area (Å²) in [6.07, 6.45) is 1.43. The highest BCUT2D eigenvalue weighted by Crippen LogP contribution is 2.40. The zero-order valence-electron chi connectivity index (χ0n) is 30.9. The SMILES string of the molecule is COC(=O)c1c(NC(=O)C(Sc2cccc(NC(=O)/C(=C\c3cccc(Cl)c3Cl)NC(=O)c3ccccc3)c2)c2ccccc2)sc(C(=O)Nc2ccccc2)c1C. The molecule has 6 aromatic rings. The van der Waals surface area contributed by atoms with Crippen molar-refractivity contribution in [3.05, 3.63) is 182 Å². The van der Waals surface area contributed by atoms with Gasteiger partial charge in [-0.15, -0.1) is 23.1 Å². The quantitative estimate of drug-likeness (QED) is 0.0515. The minimum absolute atomic E-state index is 0.0721. The molecule has 0 aliphatic heterocycles. The molecule has 58 heavy (non-hydrogen) atoms. The number of hydrogen-bond acceptors (Lipinski definition) is 8. The fourth-order valence-electron chi connectivity index (χ4n) is 5.67. The van der Waals surface area contributed by atoms with E-state index in [0.717, 1.165) is 11.3 Å². The number of hydrogen-bond donors (Lipinski definition) is 4. The highest BCUT2D eigenvalue weighted by Gasteiger charge is 2.30. The molecular formula is C44H34Cl2N4O6S2. The number of halogens is 2. The van der Waals surface area contributed by atoms with E-state index >= 15 is 0 Å². The Hall–Kier alpha value is -6.18. The number of amides is 4. The molecule has 1 aromatic heterocycles. The summed E-state index contributed by atoms with van der Waals surface area (Å²) in [5.74, 6) is -2.78. The average Bonchev–Trinajstić information content (AvgIpc) is 3.56. The van der Waals surface area contributed by atoms with E-state index < -0.39 is 34.8 Å². The van der Waals surface area contributed by atoms with Crippen molar-refractivity contribution in [2.24, 2.45) is 0 Å². The monoisotopic (exact) mass is 848 g/mol. The van der Waals surface area contributed by atoms with E-state index in [1.165, 1.54) is 24.9 Å². The predicted octanol–water partition coefficient (Wildman–Crippen LogP) is 10.3. The first-order valence-electron chi connectivity index (χ1n) is 17.6. The Labute approximate surface area is 352 Å². The maximum atomic E-state index is 14.2. The molecule has 1 heterocycles.